The zero-order valence-corrected chi connectivity index (χ0v) is 16.0. The fourth-order valence-corrected chi connectivity index (χ4v) is 3.43. The maximum absolute atomic E-state index is 12.5. The van der Waals surface area contributed by atoms with Crippen molar-refractivity contribution >= 4 is 23.3 Å². The summed E-state index contributed by atoms with van der Waals surface area (Å²) in [6.07, 6.45) is 0.259. The van der Waals surface area contributed by atoms with Crippen LogP contribution in [0.2, 0.25) is 0 Å². The summed E-state index contributed by atoms with van der Waals surface area (Å²) in [4.78, 5) is 26.4. The minimum atomic E-state index is -0.315. The molecule has 0 bridgehead atoms. The van der Waals surface area contributed by atoms with Gasteiger partial charge >= 0.3 is 6.03 Å². The second-order valence-electron chi connectivity index (χ2n) is 7.13. The molecule has 0 aromatic heterocycles. The van der Waals surface area contributed by atoms with Crippen molar-refractivity contribution in [2.45, 2.75) is 26.3 Å². The smallest absolute Gasteiger partial charge is 0.319 e. The number of hydrogen-bond donors (Lipinski definition) is 2. The average molecular weight is 381 g/mol. The number of urea groups is 1. The number of aryl methyl sites for hydroxylation is 2. The minimum absolute atomic E-state index is 0.0341. The van der Waals surface area contributed by atoms with Crippen molar-refractivity contribution in [3.8, 4) is 11.5 Å². The fraction of sp³-hybridized carbons (Fsp3) is 0.333. The molecule has 7 heteroatoms. The van der Waals surface area contributed by atoms with Gasteiger partial charge in [-0.15, -0.1) is 0 Å². The fourth-order valence-electron chi connectivity index (χ4n) is 3.43. The number of ether oxygens (including phenoxy) is 2. The molecular weight excluding hydrogens is 358 g/mol. The van der Waals surface area contributed by atoms with Crippen LogP contribution in [0.5, 0.6) is 11.5 Å². The van der Waals surface area contributed by atoms with Gasteiger partial charge in [0.15, 0.2) is 11.5 Å². The third kappa shape index (κ3) is 3.74. The van der Waals surface area contributed by atoms with Gasteiger partial charge in [0.25, 0.3) is 0 Å². The molecule has 0 saturated carbocycles. The van der Waals surface area contributed by atoms with Crippen LogP contribution in [0.15, 0.2) is 36.4 Å². The maximum atomic E-state index is 12.5. The monoisotopic (exact) mass is 381 g/mol. The molecule has 0 unspecified atom stereocenters. The highest BCUT2D eigenvalue weighted by atomic mass is 16.6. The lowest BCUT2D eigenvalue weighted by Gasteiger charge is -2.22. The van der Waals surface area contributed by atoms with Crippen molar-refractivity contribution in [2.24, 2.45) is 0 Å². The lowest BCUT2D eigenvalue weighted by atomic mass is 10.1. The van der Waals surface area contributed by atoms with Crippen molar-refractivity contribution in [2.75, 3.05) is 30.0 Å². The highest BCUT2D eigenvalue weighted by Crippen LogP contribution is 2.35. The number of nitrogens with one attached hydrogen (secondary N) is 2. The van der Waals surface area contributed by atoms with E-state index in [0.717, 1.165) is 16.9 Å². The Balaban J connectivity index is 1.39. The van der Waals surface area contributed by atoms with Crippen molar-refractivity contribution in [1.29, 1.82) is 0 Å². The number of hydrogen-bond acceptors (Lipinski definition) is 4. The molecule has 0 spiro atoms. The molecule has 3 amide bonds. The van der Waals surface area contributed by atoms with Crippen LogP contribution >= 0.6 is 0 Å². The van der Waals surface area contributed by atoms with E-state index in [1.54, 1.807) is 4.90 Å². The molecule has 2 aromatic rings. The van der Waals surface area contributed by atoms with Gasteiger partial charge in [0.05, 0.1) is 6.04 Å². The first-order valence-corrected chi connectivity index (χ1v) is 9.34. The van der Waals surface area contributed by atoms with Crippen LogP contribution in [0.3, 0.4) is 0 Å². The molecule has 2 aromatic carbocycles. The Morgan fingerprint density at radius 3 is 2.61 bits per heavy atom. The van der Waals surface area contributed by atoms with Gasteiger partial charge in [-0.1, -0.05) is 6.07 Å². The largest absolute Gasteiger partial charge is 0.486 e. The predicted molar refractivity (Wildman–Crippen MR) is 106 cm³/mol. The van der Waals surface area contributed by atoms with Crippen LogP contribution in [0, 0.1) is 13.8 Å². The van der Waals surface area contributed by atoms with Crippen molar-refractivity contribution in [3.63, 3.8) is 0 Å². The number of amides is 3. The molecule has 2 heterocycles. The van der Waals surface area contributed by atoms with E-state index in [1.165, 1.54) is 5.56 Å². The third-order valence-corrected chi connectivity index (χ3v) is 5.06. The highest BCUT2D eigenvalue weighted by molar-refractivity contribution is 5.98. The molecule has 2 aliphatic rings. The molecule has 0 radical (unpaired) electrons. The van der Waals surface area contributed by atoms with Gasteiger partial charge in [-0.25, -0.2) is 4.79 Å². The number of anilines is 2. The van der Waals surface area contributed by atoms with Crippen molar-refractivity contribution in [1.82, 2.24) is 5.32 Å². The normalized spacial score (nSPS) is 18.1. The molecule has 4 rings (SSSR count). The van der Waals surface area contributed by atoms with Crippen molar-refractivity contribution in [3.05, 3.63) is 47.5 Å². The maximum Gasteiger partial charge on any atom is 0.319 e. The van der Waals surface area contributed by atoms with Gasteiger partial charge in [-0.05, 0) is 49.2 Å². The van der Waals surface area contributed by atoms with Gasteiger partial charge in [0.2, 0.25) is 5.91 Å². The summed E-state index contributed by atoms with van der Waals surface area (Å²) in [5.74, 6) is 1.29. The topological polar surface area (TPSA) is 79.9 Å². The Kier molecular flexibility index (Phi) is 4.81. The summed E-state index contributed by atoms with van der Waals surface area (Å²) < 4.78 is 11.1. The van der Waals surface area contributed by atoms with Crippen LogP contribution < -0.4 is 25.0 Å². The molecule has 1 atom stereocenters. The van der Waals surface area contributed by atoms with Crippen LogP contribution in [-0.2, 0) is 4.79 Å². The minimum Gasteiger partial charge on any atom is -0.486 e. The van der Waals surface area contributed by atoms with E-state index in [1.807, 2.05) is 50.2 Å². The van der Waals surface area contributed by atoms with Gasteiger partial charge < -0.3 is 25.0 Å². The molecule has 1 fully saturated rings. The Bertz CT molecular complexity index is 928. The second-order valence-corrected chi connectivity index (χ2v) is 7.13. The lowest BCUT2D eigenvalue weighted by Crippen LogP contribution is -2.39. The van der Waals surface area contributed by atoms with Gasteiger partial charge in [-0.3, -0.25) is 4.79 Å². The first kappa shape index (κ1) is 18.2. The predicted octanol–water partition coefficient (Wildman–Crippen LogP) is 3.00. The number of carbonyl (C=O) groups excluding carboxylic acids is 2. The average Bonchev–Trinajstić information content (AvgIpc) is 3.04. The van der Waals surface area contributed by atoms with Crippen LogP contribution in [-0.4, -0.2) is 37.7 Å². The SMILES string of the molecule is Cc1ccc(NC(=O)N[C@H]2CC(=O)N(c3ccc4c(c3)OCCO4)C2)cc1C. The summed E-state index contributed by atoms with van der Waals surface area (Å²) in [5.41, 5.74) is 3.75. The number of benzene rings is 2. The first-order valence-electron chi connectivity index (χ1n) is 9.34. The van der Waals surface area contributed by atoms with Gasteiger partial charge in [0.1, 0.15) is 13.2 Å². The summed E-state index contributed by atoms with van der Waals surface area (Å²) in [7, 11) is 0. The molecule has 146 valence electrons. The van der Waals surface area contributed by atoms with E-state index in [2.05, 4.69) is 10.6 Å². The molecule has 0 aliphatic carbocycles. The number of nitrogens with zero attached hydrogens (tertiary/aromatic N) is 1. The second kappa shape index (κ2) is 7.42. The van der Waals surface area contributed by atoms with Gasteiger partial charge in [0, 0.05) is 30.4 Å². The third-order valence-electron chi connectivity index (χ3n) is 5.06. The van der Waals surface area contributed by atoms with E-state index in [9.17, 15) is 9.59 Å². The number of fused-ring (bicyclic) bond motifs is 1. The summed E-state index contributed by atoms with van der Waals surface area (Å²) in [6.45, 7) is 5.46. The van der Waals surface area contributed by atoms with E-state index in [-0.39, 0.29) is 24.4 Å². The number of carbonyl (C=O) groups is 2. The summed E-state index contributed by atoms with van der Waals surface area (Å²) in [6, 6.07) is 10.6. The Morgan fingerprint density at radius 1 is 1.04 bits per heavy atom. The summed E-state index contributed by atoms with van der Waals surface area (Å²) in [5, 5.41) is 5.72. The Hall–Kier alpha value is -3.22. The molecule has 1 saturated heterocycles. The summed E-state index contributed by atoms with van der Waals surface area (Å²) >= 11 is 0. The molecular formula is C21H23N3O4. The van der Waals surface area contributed by atoms with E-state index < -0.39 is 0 Å². The quantitative estimate of drug-likeness (QED) is 0.857. The van der Waals surface area contributed by atoms with Crippen molar-refractivity contribution < 1.29 is 19.1 Å². The Morgan fingerprint density at radius 2 is 1.82 bits per heavy atom. The zero-order chi connectivity index (χ0) is 19.7. The first-order chi connectivity index (χ1) is 13.5. The van der Waals surface area contributed by atoms with E-state index in [4.69, 9.17) is 9.47 Å². The lowest BCUT2D eigenvalue weighted by molar-refractivity contribution is -0.117. The molecule has 2 N–H and O–H groups in total. The molecule has 28 heavy (non-hydrogen) atoms. The van der Waals surface area contributed by atoms with Gasteiger partial charge in [-0.2, -0.15) is 0 Å². The Labute approximate surface area is 163 Å². The highest BCUT2D eigenvalue weighted by Gasteiger charge is 2.32. The number of rotatable bonds is 3. The van der Waals surface area contributed by atoms with Crippen LogP contribution in [0.4, 0.5) is 16.2 Å². The van der Waals surface area contributed by atoms with E-state index in [0.29, 0.717) is 31.3 Å². The zero-order valence-electron chi connectivity index (χ0n) is 16.0. The van der Waals surface area contributed by atoms with Crippen LogP contribution in [0.1, 0.15) is 17.5 Å². The molecule has 2 aliphatic heterocycles. The van der Waals surface area contributed by atoms with E-state index >= 15 is 0 Å². The molecule has 7 nitrogen and oxygen atoms in total. The standard InChI is InChI=1S/C21H23N3O4/c1-13-3-4-15(9-14(13)2)22-21(26)23-16-10-20(25)24(12-16)17-5-6-18-19(11-17)28-8-7-27-18/h3-6,9,11,16H,7-8,10,12H2,1-2H3,(H2,22,23,26)/t16-/m0/s1. The van der Waals surface area contributed by atoms with Crippen LogP contribution in [0.25, 0.3) is 0 Å².